The van der Waals surface area contributed by atoms with Crippen molar-refractivity contribution in [3.8, 4) is 0 Å². The molecule has 0 radical (unpaired) electrons. The molecule has 27 heavy (non-hydrogen) atoms. The smallest absolute Gasteiger partial charge is 0.229 e. The van der Waals surface area contributed by atoms with Gasteiger partial charge in [0, 0.05) is 50.6 Å². The van der Waals surface area contributed by atoms with E-state index in [1.807, 2.05) is 17.9 Å². The number of nitrogens with zero attached hydrogens (tertiary/aromatic N) is 4. The molecule has 3 rings (SSSR count). The predicted octanol–water partition coefficient (Wildman–Crippen LogP) is 3.49. The van der Waals surface area contributed by atoms with Crippen LogP contribution >= 0.6 is 0 Å². The minimum atomic E-state index is 0.132. The molecule has 0 aliphatic carbocycles. The van der Waals surface area contributed by atoms with Crippen LogP contribution < -0.4 is 10.2 Å². The fourth-order valence-corrected chi connectivity index (χ4v) is 3.20. The van der Waals surface area contributed by atoms with E-state index < -0.39 is 0 Å². The molecule has 1 saturated heterocycles. The Labute approximate surface area is 161 Å². The number of piperazine rings is 1. The van der Waals surface area contributed by atoms with Gasteiger partial charge in [-0.25, -0.2) is 4.98 Å². The minimum absolute atomic E-state index is 0.132. The van der Waals surface area contributed by atoms with Crippen molar-refractivity contribution in [2.45, 2.75) is 40.0 Å². The van der Waals surface area contributed by atoms with E-state index in [0.29, 0.717) is 5.95 Å². The van der Waals surface area contributed by atoms with Gasteiger partial charge in [0.1, 0.15) is 5.82 Å². The lowest BCUT2D eigenvalue weighted by atomic mass is 9.87. The number of benzene rings is 1. The quantitative estimate of drug-likeness (QED) is 0.900. The van der Waals surface area contributed by atoms with Gasteiger partial charge in [0.05, 0.1) is 0 Å². The van der Waals surface area contributed by atoms with Crippen molar-refractivity contribution in [1.82, 2.24) is 14.9 Å². The minimum Gasteiger partial charge on any atom is -0.353 e. The van der Waals surface area contributed by atoms with E-state index in [1.54, 1.807) is 6.92 Å². The topological polar surface area (TPSA) is 61.4 Å². The van der Waals surface area contributed by atoms with Crippen LogP contribution in [0.4, 0.5) is 17.5 Å². The lowest BCUT2D eigenvalue weighted by Crippen LogP contribution is -2.48. The van der Waals surface area contributed by atoms with Crippen LogP contribution in [0.1, 0.15) is 39.0 Å². The molecule has 1 aromatic heterocycles. The molecule has 0 saturated carbocycles. The molecule has 144 valence electrons. The second-order valence-corrected chi connectivity index (χ2v) is 8.14. The Kier molecular flexibility index (Phi) is 5.35. The van der Waals surface area contributed by atoms with Gasteiger partial charge in [-0.2, -0.15) is 4.98 Å². The van der Waals surface area contributed by atoms with Gasteiger partial charge in [-0.3, -0.25) is 4.79 Å². The van der Waals surface area contributed by atoms with Gasteiger partial charge in [0.25, 0.3) is 0 Å². The average Bonchev–Trinajstić information content (AvgIpc) is 2.61. The lowest BCUT2D eigenvalue weighted by Gasteiger charge is -2.35. The summed E-state index contributed by atoms with van der Waals surface area (Å²) in [7, 11) is 0. The molecule has 0 atom stereocenters. The third-order valence-electron chi connectivity index (χ3n) is 4.90. The number of hydrogen-bond acceptors (Lipinski definition) is 5. The molecule has 0 unspecified atom stereocenters. The Morgan fingerprint density at radius 3 is 2.22 bits per heavy atom. The van der Waals surface area contributed by atoms with Crippen LogP contribution in [0.15, 0.2) is 30.3 Å². The molecule has 1 N–H and O–H groups in total. The maximum absolute atomic E-state index is 11.5. The fourth-order valence-electron chi connectivity index (χ4n) is 3.20. The highest BCUT2D eigenvalue weighted by molar-refractivity contribution is 5.73. The summed E-state index contributed by atoms with van der Waals surface area (Å²) in [6, 6.07) is 10.4. The third-order valence-corrected chi connectivity index (χ3v) is 4.90. The summed E-state index contributed by atoms with van der Waals surface area (Å²) in [5.41, 5.74) is 3.32. The van der Waals surface area contributed by atoms with Crippen LogP contribution in [-0.4, -0.2) is 47.0 Å². The van der Waals surface area contributed by atoms with Gasteiger partial charge >= 0.3 is 0 Å². The van der Waals surface area contributed by atoms with E-state index >= 15 is 0 Å². The molecule has 0 spiro atoms. The number of anilines is 3. The molecule has 0 bridgehead atoms. The summed E-state index contributed by atoms with van der Waals surface area (Å²) in [5.74, 6) is 1.64. The van der Waals surface area contributed by atoms with Crippen molar-refractivity contribution >= 4 is 23.4 Å². The van der Waals surface area contributed by atoms with Crippen molar-refractivity contribution in [3.05, 3.63) is 41.6 Å². The zero-order chi connectivity index (χ0) is 19.6. The molecule has 6 nitrogen and oxygen atoms in total. The summed E-state index contributed by atoms with van der Waals surface area (Å²) in [6.07, 6.45) is 0. The highest BCUT2D eigenvalue weighted by Gasteiger charge is 2.20. The number of carbonyl (C=O) groups excluding carboxylic acids is 1. The largest absolute Gasteiger partial charge is 0.353 e. The van der Waals surface area contributed by atoms with E-state index in [0.717, 1.165) is 43.4 Å². The summed E-state index contributed by atoms with van der Waals surface area (Å²) in [6.45, 7) is 13.3. The van der Waals surface area contributed by atoms with Gasteiger partial charge in [0.2, 0.25) is 11.9 Å². The van der Waals surface area contributed by atoms with Crippen LogP contribution in [0.5, 0.6) is 0 Å². The Morgan fingerprint density at radius 2 is 1.67 bits per heavy atom. The van der Waals surface area contributed by atoms with Crippen molar-refractivity contribution in [2.75, 3.05) is 36.4 Å². The van der Waals surface area contributed by atoms with E-state index in [9.17, 15) is 4.79 Å². The lowest BCUT2D eigenvalue weighted by molar-refractivity contribution is -0.129. The second-order valence-electron chi connectivity index (χ2n) is 8.14. The highest BCUT2D eigenvalue weighted by Crippen LogP contribution is 2.25. The van der Waals surface area contributed by atoms with Gasteiger partial charge in [-0.1, -0.05) is 32.9 Å². The molecule has 2 aromatic rings. The van der Waals surface area contributed by atoms with Crippen molar-refractivity contribution in [3.63, 3.8) is 0 Å². The monoisotopic (exact) mass is 367 g/mol. The molecule has 1 fully saturated rings. The molecule has 6 heteroatoms. The molecular formula is C21H29N5O. The summed E-state index contributed by atoms with van der Waals surface area (Å²) in [5, 5.41) is 3.32. The Bertz CT molecular complexity index is 802. The summed E-state index contributed by atoms with van der Waals surface area (Å²) < 4.78 is 0. The first-order valence-corrected chi connectivity index (χ1v) is 9.46. The Morgan fingerprint density at radius 1 is 1.04 bits per heavy atom. The molecule has 1 aliphatic heterocycles. The number of hydrogen-bond donors (Lipinski definition) is 1. The van der Waals surface area contributed by atoms with Gasteiger partial charge in [-0.15, -0.1) is 0 Å². The number of aryl methyl sites for hydroxylation is 1. The van der Waals surface area contributed by atoms with E-state index in [1.165, 1.54) is 5.56 Å². The first-order valence-electron chi connectivity index (χ1n) is 9.46. The normalized spacial score (nSPS) is 15.0. The van der Waals surface area contributed by atoms with Crippen LogP contribution in [0.2, 0.25) is 0 Å². The Balaban J connectivity index is 1.73. The summed E-state index contributed by atoms with van der Waals surface area (Å²) in [4.78, 5) is 24.8. The SMILES string of the molecule is CC(=O)N1CCN(c2cc(C)nc(Nc3ccc(C(C)(C)C)cc3)n2)CC1. The van der Waals surface area contributed by atoms with Crippen molar-refractivity contribution in [2.24, 2.45) is 0 Å². The highest BCUT2D eigenvalue weighted by atomic mass is 16.2. The maximum atomic E-state index is 11.5. The number of rotatable bonds is 3. The standard InChI is InChI=1S/C21H29N5O/c1-15-14-19(26-12-10-25(11-13-26)16(2)27)24-20(22-15)23-18-8-6-17(7-9-18)21(3,4)5/h6-9,14H,10-13H2,1-5H3,(H,22,23,24). The predicted molar refractivity (Wildman–Crippen MR) is 110 cm³/mol. The molecule has 1 aliphatic rings. The molecule has 1 amide bonds. The zero-order valence-corrected chi connectivity index (χ0v) is 16.9. The van der Waals surface area contributed by atoms with E-state index in [2.05, 4.69) is 60.2 Å². The number of carbonyl (C=O) groups is 1. The van der Waals surface area contributed by atoms with E-state index in [4.69, 9.17) is 4.98 Å². The average molecular weight is 367 g/mol. The third kappa shape index (κ3) is 4.76. The summed E-state index contributed by atoms with van der Waals surface area (Å²) >= 11 is 0. The number of nitrogens with one attached hydrogen (secondary N) is 1. The van der Waals surface area contributed by atoms with E-state index in [-0.39, 0.29) is 11.3 Å². The fraction of sp³-hybridized carbons (Fsp3) is 0.476. The van der Waals surface area contributed by atoms with Gasteiger partial charge in [0.15, 0.2) is 0 Å². The molecule has 1 aromatic carbocycles. The first-order chi connectivity index (χ1) is 12.7. The van der Waals surface area contributed by atoms with Gasteiger partial charge < -0.3 is 15.1 Å². The van der Waals surface area contributed by atoms with Crippen LogP contribution in [0.25, 0.3) is 0 Å². The molecular weight excluding hydrogens is 338 g/mol. The number of amides is 1. The zero-order valence-electron chi connectivity index (χ0n) is 16.9. The number of aromatic nitrogens is 2. The second kappa shape index (κ2) is 7.55. The van der Waals surface area contributed by atoms with Crippen LogP contribution in [-0.2, 0) is 10.2 Å². The first kappa shape index (κ1) is 19.1. The maximum Gasteiger partial charge on any atom is 0.229 e. The molecule has 2 heterocycles. The van der Waals surface area contributed by atoms with Gasteiger partial charge in [-0.05, 0) is 30.0 Å². The van der Waals surface area contributed by atoms with Crippen LogP contribution in [0.3, 0.4) is 0 Å². The van der Waals surface area contributed by atoms with Crippen molar-refractivity contribution in [1.29, 1.82) is 0 Å². The Hall–Kier alpha value is -2.63. The van der Waals surface area contributed by atoms with Crippen molar-refractivity contribution < 1.29 is 4.79 Å². The van der Waals surface area contributed by atoms with Crippen LogP contribution in [0, 0.1) is 6.92 Å².